The summed E-state index contributed by atoms with van der Waals surface area (Å²) in [5.41, 5.74) is 8.27. The van der Waals surface area contributed by atoms with Crippen LogP contribution in [0.1, 0.15) is 5.89 Å². The second-order valence-corrected chi connectivity index (χ2v) is 6.14. The largest absolute Gasteiger partial charge is 0.439 e. The van der Waals surface area contributed by atoms with Gasteiger partial charge in [-0.1, -0.05) is 5.16 Å². The van der Waals surface area contributed by atoms with E-state index in [0.717, 1.165) is 16.8 Å². The van der Waals surface area contributed by atoms with E-state index < -0.39 is 6.04 Å². The third kappa shape index (κ3) is 4.05. The van der Waals surface area contributed by atoms with Gasteiger partial charge < -0.3 is 20.1 Å². The van der Waals surface area contributed by atoms with Crippen molar-refractivity contribution in [2.75, 3.05) is 6.61 Å². The van der Waals surface area contributed by atoms with Gasteiger partial charge in [0.15, 0.2) is 0 Å². The van der Waals surface area contributed by atoms with Gasteiger partial charge in [0.25, 0.3) is 0 Å². The van der Waals surface area contributed by atoms with Gasteiger partial charge in [-0.25, -0.2) is 4.98 Å². The number of H-pyrrole nitrogens is 1. The molecular weight excluding hydrogens is 360 g/mol. The monoisotopic (exact) mass is 378 g/mol. The number of aliphatic hydroxyl groups is 1. The number of nitrogens with zero attached hydrogens (tertiary/aromatic N) is 4. The molecule has 0 unspecified atom stereocenters. The number of hydrogen-bond acceptors (Lipinski definition) is 8. The quantitative estimate of drug-likeness (QED) is 0.445. The van der Waals surface area contributed by atoms with Gasteiger partial charge in [-0.05, 0) is 36.4 Å². The zero-order valence-electron chi connectivity index (χ0n) is 14.8. The lowest BCUT2D eigenvalue weighted by Gasteiger charge is -2.05. The Balaban J connectivity index is 1.42. The Morgan fingerprint density at radius 1 is 1.11 bits per heavy atom. The van der Waals surface area contributed by atoms with Crippen LogP contribution in [0.15, 0.2) is 59.4 Å². The van der Waals surface area contributed by atoms with Crippen LogP contribution in [0.3, 0.4) is 0 Å². The van der Waals surface area contributed by atoms with E-state index in [1.807, 2.05) is 24.3 Å². The molecule has 3 heterocycles. The van der Waals surface area contributed by atoms with Crippen LogP contribution in [0, 0.1) is 0 Å². The normalized spacial score (nSPS) is 12.1. The SMILES string of the molecule is N[C@H](CO)Cc1nc(-c2ccc(Oc3ccc(-c4ccn[nH]4)cn3)cc2)no1. The predicted octanol–water partition coefficient (Wildman–Crippen LogP) is 2.18. The van der Waals surface area contributed by atoms with Crippen LogP contribution in [0.25, 0.3) is 22.6 Å². The van der Waals surface area contributed by atoms with Crippen LogP contribution < -0.4 is 10.5 Å². The predicted molar refractivity (Wildman–Crippen MR) is 100 cm³/mol. The zero-order valence-corrected chi connectivity index (χ0v) is 14.8. The highest BCUT2D eigenvalue weighted by Crippen LogP contribution is 2.25. The Morgan fingerprint density at radius 2 is 1.93 bits per heavy atom. The topological polar surface area (TPSA) is 136 Å². The summed E-state index contributed by atoms with van der Waals surface area (Å²) in [5, 5.41) is 19.7. The third-order valence-electron chi connectivity index (χ3n) is 4.02. The molecule has 4 rings (SSSR count). The lowest BCUT2D eigenvalue weighted by molar-refractivity contribution is 0.254. The van der Waals surface area contributed by atoms with Crippen molar-refractivity contribution in [3.63, 3.8) is 0 Å². The fourth-order valence-electron chi connectivity index (χ4n) is 2.55. The minimum atomic E-state index is -0.420. The molecule has 1 aromatic carbocycles. The maximum Gasteiger partial charge on any atom is 0.228 e. The van der Waals surface area contributed by atoms with Crippen LogP contribution in [-0.4, -0.2) is 43.1 Å². The van der Waals surface area contributed by atoms with Gasteiger partial charge in [-0.2, -0.15) is 10.1 Å². The number of aliphatic hydroxyl groups excluding tert-OH is 1. The third-order valence-corrected chi connectivity index (χ3v) is 4.02. The molecule has 0 saturated heterocycles. The molecule has 3 aromatic heterocycles. The molecule has 0 aliphatic rings. The summed E-state index contributed by atoms with van der Waals surface area (Å²) < 4.78 is 10.9. The number of pyridine rings is 1. The summed E-state index contributed by atoms with van der Waals surface area (Å²) in [6, 6.07) is 12.4. The molecule has 0 radical (unpaired) electrons. The number of hydrogen-bond donors (Lipinski definition) is 3. The molecule has 0 bridgehead atoms. The molecule has 0 fully saturated rings. The summed E-state index contributed by atoms with van der Waals surface area (Å²) in [6.07, 6.45) is 3.73. The molecule has 4 N–H and O–H groups in total. The smallest absolute Gasteiger partial charge is 0.228 e. The number of benzene rings is 1. The maximum absolute atomic E-state index is 9.00. The summed E-state index contributed by atoms with van der Waals surface area (Å²) in [6.45, 7) is -0.138. The van der Waals surface area contributed by atoms with Crippen molar-refractivity contribution in [2.45, 2.75) is 12.5 Å². The highest BCUT2D eigenvalue weighted by Gasteiger charge is 2.12. The van der Waals surface area contributed by atoms with Crippen LogP contribution >= 0.6 is 0 Å². The molecule has 0 aliphatic carbocycles. The fourth-order valence-corrected chi connectivity index (χ4v) is 2.55. The number of aromatic amines is 1. The number of nitrogens with two attached hydrogens (primary N) is 1. The lowest BCUT2D eigenvalue weighted by atomic mass is 10.2. The molecular formula is C19H18N6O3. The first-order valence-corrected chi connectivity index (χ1v) is 8.64. The van der Waals surface area contributed by atoms with Gasteiger partial charge in [0.1, 0.15) is 5.75 Å². The zero-order chi connectivity index (χ0) is 19.3. The molecule has 0 saturated carbocycles. The molecule has 9 nitrogen and oxygen atoms in total. The highest BCUT2D eigenvalue weighted by molar-refractivity contribution is 5.58. The molecule has 28 heavy (non-hydrogen) atoms. The van der Waals surface area contributed by atoms with Gasteiger partial charge in [-0.15, -0.1) is 0 Å². The van der Waals surface area contributed by atoms with Crippen LogP contribution in [-0.2, 0) is 6.42 Å². The minimum Gasteiger partial charge on any atom is -0.439 e. The van der Waals surface area contributed by atoms with E-state index in [2.05, 4.69) is 25.3 Å². The van der Waals surface area contributed by atoms with Gasteiger partial charge >= 0.3 is 0 Å². The Hall–Kier alpha value is -3.56. The average molecular weight is 378 g/mol. The maximum atomic E-state index is 9.00. The van der Waals surface area contributed by atoms with Gasteiger partial charge in [0, 0.05) is 42.0 Å². The lowest BCUT2D eigenvalue weighted by Crippen LogP contribution is -2.26. The Kier molecular flexibility index (Phi) is 5.09. The Bertz CT molecular complexity index is 1010. The number of aromatic nitrogens is 5. The second kappa shape index (κ2) is 7.99. The van der Waals surface area contributed by atoms with Crippen LogP contribution in [0.2, 0.25) is 0 Å². The van der Waals surface area contributed by atoms with Crippen molar-refractivity contribution >= 4 is 0 Å². The minimum absolute atomic E-state index is 0.138. The van der Waals surface area contributed by atoms with E-state index >= 15 is 0 Å². The van der Waals surface area contributed by atoms with Crippen LogP contribution in [0.5, 0.6) is 11.6 Å². The van der Waals surface area contributed by atoms with Crippen molar-refractivity contribution in [1.82, 2.24) is 25.3 Å². The Labute approximate surface area is 160 Å². The molecule has 1 atom stereocenters. The van der Waals surface area contributed by atoms with Crippen molar-refractivity contribution in [1.29, 1.82) is 0 Å². The van der Waals surface area contributed by atoms with E-state index in [0.29, 0.717) is 29.8 Å². The highest BCUT2D eigenvalue weighted by atomic mass is 16.5. The van der Waals surface area contributed by atoms with Gasteiger partial charge in [-0.3, -0.25) is 5.10 Å². The number of nitrogens with one attached hydrogen (secondary N) is 1. The standard InChI is InChI=1S/C19H18N6O3/c20-14(11-26)9-18-23-19(25-28-18)12-1-4-15(5-2-12)27-17-6-3-13(10-21-17)16-7-8-22-24-16/h1-8,10,14,26H,9,11,20H2,(H,22,24)/t14-/m0/s1. The molecule has 0 aliphatic heterocycles. The Morgan fingerprint density at radius 3 is 2.61 bits per heavy atom. The fraction of sp³-hybridized carbons (Fsp3) is 0.158. The summed E-state index contributed by atoms with van der Waals surface area (Å²) in [5.74, 6) is 1.96. The summed E-state index contributed by atoms with van der Waals surface area (Å²) in [7, 11) is 0. The van der Waals surface area contributed by atoms with E-state index in [9.17, 15) is 0 Å². The molecule has 9 heteroatoms. The van der Waals surface area contributed by atoms with Crippen molar-refractivity contribution in [3.8, 4) is 34.3 Å². The van der Waals surface area contributed by atoms with Gasteiger partial charge in [0.2, 0.25) is 17.6 Å². The first-order chi connectivity index (χ1) is 13.7. The first kappa shape index (κ1) is 17.8. The van der Waals surface area contributed by atoms with Crippen LogP contribution in [0.4, 0.5) is 0 Å². The second-order valence-electron chi connectivity index (χ2n) is 6.14. The number of rotatable bonds is 7. The summed E-state index contributed by atoms with van der Waals surface area (Å²) in [4.78, 5) is 8.59. The molecule has 4 aromatic rings. The molecule has 0 spiro atoms. The molecule has 142 valence electrons. The first-order valence-electron chi connectivity index (χ1n) is 8.64. The van der Waals surface area contributed by atoms with Crippen molar-refractivity contribution in [2.24, 2.45) is 5.73 Å². The van der Waals surface area contributed by atoms with Crippen molar-refractivity contribution < 1.29 is 14.4 Å². The summed E-state index contributed by atoms with van der Waals surface area (Å²) >= 11 is 0. The molecule has 0 amide bonds. The van der Waals surface area contributed by atoms with E-state index in [4.69, 9.17) is 20.1 Å². The van der Waals surface area contributed by atoms with Gasteiger partial charge in [0.05, 0.1) is 12.3 Å². The van der Waals surface area contributed by atoms with E-state index in [1.54, 1.807) is 30.6 Å². The number of ether oxygens (including phenoxy) is 1. The van der Waals surface area contributed by atoms with Crippen molar-refractivity contribution in [3.05, 3.63) is 60.7 Å². The van der Waals surface area contributed by atoms with E-state index in [-0.39, 0.29) is 6.61 Å². The van der Waals surface area contributed by atoms with E-state index in [1.165, 1.54) is 0 Å². The average Bonchev–Trinajstić information content (AvgIpc) is 3.41.